The van der Waals surface area contributed by atoms with Crippen LogP contribution in [0.2, 0.25) is 0 Å². The van der Waals surface area contributed by atoms with Crippen LogP contribution in [0.3, 0.4) is 0 Å². The van der Waals surface area contributed by atoms with Crippen LogP contribution in [-0.4, -0.2) is 31.7 Å². The second-order valence-corrected chi connectivity index (χ2v) is 5.52. The van der Waals surface area contributed by atoms with Crippen molar-refractivity contribution in [3.05, 3.63) is 59.9 Å². The molecule has 1 amide bonds. The Hall–Kier alpha value is -2.44. The highest BCUT2D eigenvalue weighted by molar-refractivity contribution is 5.95. The van der Waals surface area contributed by atoms with Gasteiger partial charge in [0.1, 0.15) is 24.2 Å². The highest BCUT2D eigenvalue weighted by Crippen LogP contribution is 2.16. The molecule has 1 aliphatic heterocycles. The normalized spacial score (nSPS) is 17.3. The molecule has 0 spiro atoms. The zero-order chi connectivity index (χ0) is 16.8. The molecule has 1 aliphatic rings. The number of hydrogen-bond acceptors (Lipinski definition) is 4. The largest absolute Gasteiger partial charge is 0.489 e. The Balaban J connectivity index is 1.58. The van der Waals surface area contributed by atoms with Gasteiger partial charge in [-0.2, -0.15) is 0 Å². The second-order valence-electron chi connectivity index (χ2n) is 5.52. The van der Waals surface area contributed by atoms with Crippen molar-refractivity contribution in [1.29, 1.82) is 0 Å². The molecule has 5 nitrogen and oxygen atoms in total. The lowest BCUT2D eigenvalue weighted by molar-refractivity contribution is -0.120. The standard InChI is InChI=1S/C18H19FN2O3/c19-14-4-2-6-16(10-14)24-11-13-3-1-5-15(9-13)21-18(22)17-12-23-8-7-20-17/h1-6,9-10,17,20H,7-8,11-12H2,(H,21,22). The number of carbonyl (C=O) groups is 1. The lowest BCUT2D eigenvalue weighted by atomic mass is 10.2. The number of morpholine rings is 1. The van der Waals surface area contributed by atoms with E-state index in [4.69, 9.17) is 9.47 Å². The number of anilines is 1. The molecule has 2 N–H and O–H groups in total. The van der Waals surface area contributed by atoms with E-state index in [-0.39, 0.29) is 24.4 Å². The van der Waals surface area contributed by atoms with Gasteiger partial charge in [-0.1, -0.05) is 18.2 Å². The zero-order valence-corrected chi connectivity index (χ0v) is 13.1. The van der Waals surface area contributed by atoms with E-state index in [1.165, 1.54) is 12.1 Å². The van der Waals surface area contributed by atoms with Crippen molar-refractivity contribution in [3.63, 3.8) is 0 Å². The van der Waals surface area contributed by atoms with Gasteiger partial charge in [-0.15, -0.1) is 0 Å². The molecular weight excluding hydrogens is 311 g/mol. The molecule has 24 heavy (non-hydrogen) atoms. The number of nitrogens with one attached hydrogen (secondary N) is 2. The summed E-state index contributed by atoms with van der Waals surface area (Å²) < 4.78 is 24.0. The summed E-state index contributed by atoms with van der Waals surface area (Å²) in [6.45, 7) is 1.95. The third-order valence-corrected chi connectivity index (χ3v) is 3.63. The third kappa shape index (κ3) is 4.53. The predicted octanol–water partition coefficient (Wildman–Crippen LogP) is 2.33. The van der Waals surface area contributed by atoms with Crippen molar-refractivity contribution in [2.45, 2.75) is 12.6 Å². The van der Waals surface area contributed by atoms with Crippen LogP contribution in [0.25, 0.3) is 0 Å². The molecule has 1 heterocycles. The molecule has 2 aromatic rings. The van der Waals surface area contributed by atoms with Gasteiger partial charge in [-0.25, -0.2) is 4.39 Å². The Morgan fingerprint density at radius 1 is 1.29 bits per heavy atom. The molecule has 1 unspecified atom stereocenters. The van der Waals surface area contributed by atoms with Crippen LogP contribution in [0.4, 0.5) is 10.1 Å². The lowest BCUT2D eigenvalue weighted by Crippen LogP contribution is -2.48. The third-order valence-electron chi connectivity index (χ3n) is 3.63. The van der Waals surface area contributed by atoms with E-state index in [9.17, 15) is 9.18 Å². The van der Waals surface area contributed by atoms with Crippen LogP contribution in [0.1, 0.15) is 5.56 Å². The van der Waals surface area contributed by atoms with Crippen molar-refractivity contribution in [2.75, 3.05) is 25.1 Å². The molecule has 0 aromatic heterocycles. The average molecular weight is 330 g/mol. The monoisotopic (exact) mass is 330 g/mol. The molecule has 0 radical (unpaired) electrons. The summed E-state index contributed by atoms with van der Waals surface area (Å²) in [4.78, 5) is 12.2. The molecule has 1 atom stereocenters. The van der Waals surface area contributed by atoms with Crippen LogP contribution in [0, 0.1) is 5.82 Å². The van der Waals surface area contributed by atoms with Crippen LogP contribution < -0.4 is 15.4 Å². The molecule has 0 saturated carbocycles. The summed E-state index contributed by atoms with van der Waals surface area (Å²) >= 11 is 0. The zero-order valence-electron chi connectivity index (χ0n) is 13.1. The molecule has 2 aromatic carbocycles. The number of halogens is 1. The minimum atomic E-state index is -0.342. The van der Waals surface area contributed by atoms with Gasteiger partial charge in [-0.3, -0.25) is 4.79 Å². The average Bonchev–Trinajstić information content (AvgIpc) is 2.61. The van der Waals surface area contributed by atoms with Gasteiger partial charge in [0.15, 0.2) is 0 Å². The molecule has 1 fully saturated rings. The number of carbonyl (C=O) groups excluding carboxylic acids is 1. The first kappa shape index (κ1) is 16.4. The van der Waals surface area contributed by atoms with E-state index >= 15 is 0 Å². The highest BCUT2D eigenvalue weighted by Gasteiger charge is 2.21. The Bertz CT molecular complexity index is 702. The summed E-state index contributed by atoms with van der Waals surface area (Å²) in [6, 6.07) is 13.0. The minimum absolute atomic E-state index is 0.127. The van der Waals surface area contributed by atoms with Crippen molar-refractivity contribution >= 4 is 11.6 Å². The first-order chi connectivity index (χ1) is 11.7. The van der Waals surface area contributed by atoms with E-state index in [0.717, 1.165) is 5.56 Å². The van der Waals surface area contributed by atoms with Crippen molar-refractivity contribution < 1.29 is 18.7 Å². The molecule has 0 aliphatic carbocycles. The van der Waals surface area contributed by atoms with E-state index in [1.807, 2.05) is 24.3 Å². The fourth-order valence-electron chi connectivity index (χ4n) is 2.43. The van der Waals surface area contributed by atoms with Crippen LogP contribution in [0.15, 0.2) is 48.5 Å². The maximum atomic E-state index is 13.1. The quantitative estimate of drug-likeness (QED) is 0.883. The van der Waals surface area contributed by atoms with Crippen molar-refractivity contribution in [2.24, 2.45) is 0 Å². The van der Waals surface area contributed by atoms with E-state index < -0.39 is 0 Å². The van der Waals surface area contributed by atoms with Gasteiger partial charge < -0.3 is 20.1 Å². The number of benzene rings is 2. The summed E-state index contributed by atoms with van der Waals surface area (Å²) in [5.41, 5.74) is 1.57. The molecule has 1 saturated heterocycles. The Labute approximate surface area is 139 Å². The SMILES string of the molecule is O=C(Nc1cccc(COc2cccc(F)c2)c1)C1COCCN1. The Morgan fingerprint density at radius 3 is 2.96 bits per heavy atom. The van der Waals surface area contributed by atoms with Gasteiger partial charge in [0, 0.05) is 18.3 Å². The second kappa shape index (κ2) is 7.90. The topological polar surface area (TPSA) is 59.6 Å². The Morgan fingerprint density at radius 2 is 2.17 bits per heavy atom. The van der Waals surface area contributed by atoms with E-state index in [0.29, 0.717) is 31.2 Å². The van der Waals surface area contributed by atoms with Crippen LogP contribution in [-0.2, 0) is 16.1 Å². The van der Waals surface area contributed by atoms with Crippen LogP contribution in [0.5, 0.6) is 5.75 Å². The van der Waals surface area contributed by atoms with Crippen LogP contribution >= 0.6 is 0 Å². The molecule has 3 rings (SSSR count). The molecular formula is C18H19FN2O3. The smallest absolute Gasteiger partial charge is 0.243 e. The highest BCUT2D eigenvalue weighted by atomic mass is 19.1. The van der Waals surface area contributed by atoms with Gasteiger partial charge in [0.05, 0.1) is 13.2 Å². The van der Waals surface area contributed by atoms with E-state index in [1.54, 1.807) is 12.1 Å². The van der Waals surface area contributed by atoms with Crippen molar-refractivity contribution in [3.8, 4) is 5.75 Å². The molecule has 0 bridgehead atoms. The number of amides is 1. The first-order valence-electron chi connectivity index (χ1n) is 7.80. The molecule has 6 heteroatoms. The number of rotatable bonds is 5. The fourth-order valence-corrected chi connectivity index (χ4v) is 2.43. The summed E-state index contributed by atoms with van der Waals surface area (Å²) in [7, 11) is 0. The lowest BCUT2D eigenvalue weighted by Gasteiger charge is -2.23. The van der Waals surface area contributed by atoms with Gasteiger partial charge >= 0.3 is 0 Å². The molecule has 126 valence electrons. The van der Waals surface area contributed by atoms with Gasteiger partial charge in [0.25, 0.3) is 0 Å². The van der Waals surface area contributed by atoms with Gasteiger partial charge in [-0.05, 0) is 29.8 Å². The Kier molecular flexibility index (Phi) is 5.40. The number of ether oxygens (including phenoxy) is 2. The predicted molar refractivity (Wildman–Crippen MR) is 88.4 cm³/mol. The maximum Gasteiger partial charge on any atom is 0.243 e. The summed E-state index contributed by atoms with van der Waals surface area (Å²) in [6.07, 6.45) is 0. The fraction of sp³-hybridized carbons (Fsp3) is 0.278. The van der Waals surface area contributed by atoms with Crippen molar-refractivity contribution in [1.82, 2.24) is 5.32 Å². The number of hydrogen-bond donors (Lipinski definition) is 2. The van der Waals surface area contributed by atoms with E-state index in [2.05, 4.69) is 10.6 Å². The summed E-state index contributed by atoms with van der Waals surface area (Å²) in [5.74, 6) is 0.00149. The van der Waals surface area contributed by atoms with Gasteiger partial charge in [0.2, 0.25) is 5.91 Å². The summed E-state index contributed by atoms with van der Waals surface area (Å²) in [5, 5.41) is 5.97. The minimum Gasteiger partial charge on any atom is -0.489 e. The first-order valence-corrected chi connectivity index (χ1v) is 7.80. The maximum absolute atomic E-state index is 13.1.